The van der Waals surface area contributed by atoms with Gasteiger partial charge in [0, 0.05) is 18.7 Å². The molecular formula is C13H20N2O2. The average Bonchev–Trinajstić information content (AvgIpc) is 2.68. The van der Waals surface area contributed by atoms with E-state index < -0.39 is 0 Å². The summed E-state index contributed by atoms with van der Waals surface area (Å²) < 4.78 is 5.48. The molecule has 1 fully saturated rings. The van der Waals surface area contributed by atoms with Crippen LogP contribution in [0.3, 0.4) is 0 Å². The molecule has 4 heteroatoms. The first-order valence-corrected chi connectivity index (χ1v) is 6.14. The number of piperidine rings is 1. The van der Waals surface area contributed by atoms with Crippen LogP contribution in [0.4, 0.5) is 0 Å². The normalized spacial score (nSPS) is 17.1. The molecule has 1 aliphatic rings. The third-order valence-electron chi connectivity index (χ3n) is 3.41. The van der Waals surface area contributed by atoms with E-state index in [-0.39, 0.29) is 5.91 Å². The Morgan fingerprint density at radius 3 is 2.59 bits per heavy atom. The summed E-state index contributed by atoms with van der Waals surface area (Å²) in [5.41, 5.74) is 0.924. The maximum absolute atomic E-state index is 12.3. The highest BCUT2D eigenvalue weighted by atomic mass is 16.4. The van der Waals surface area contributed by atoms with E-state index in [1.807, 2.05) is 31.9 Å². The summed E-state index contributed by atoms with van der Waals surface area (Å²) in [6.07, 6.45) is 2.03. The first-order valence-electron chi connectivity index (χ1n) is 6.14. The molecular weight excluding hydrogens is 216 g/mol. The predicted molar refractivity (Wildman–Crippen MR) is 66.2 cm³/mol. The van der Waals surface area contributed by atoms with E-state index in [0.29, 0.717) is 11.8 Å². The Labute approximate surface area is 102 Å². The van der Waals surface area contributed by atoms with E-state index in [9.17, 15) is 4.79 Å². The van der Waals surface area contributed by atoms with E-state index in [4.69, 9.17) is 4.42 Å². The summed E-state index contributed by atoms with van der Waals surface area (Å²) in [5.74, 6) is 1.29. The van der Waals surface area contributed by atoms with Gasteiger partial charge in [-0.05, 0) is 45.8 Å². The molecule has 0 bridgehead atoms. The second-order valence-corrected chi connectivity index (χ2v) is 4.77. The number of hydrogen-bond acceptors (Lipinski definition) is 3. The SMILES string of the molecule is Cc1cc(C)c(C(=O)N(C)C2CCNCC2)o1. The number of furan rings is 1. The Bertz CT molecular complexity index is 406. The van der Waals surface area contributed by atoms with Crippen LogP contribution in [0.1, 0.15) is 34.7 Å². The molecule has 1 aromatic rings. The number of hydrogen-bond donors (Lipinski definition) is 1. The summed E-state index contributed by atoms with van der Waals surface area (Å²) in [7, 11) is 1.87. The van der Waals surface area contributed by atoms with Crippen molar-refractivity contribution >= 4 is 5.91 Å². The first kappa shape index (κ1) is 12.2. The smallest absolute Gasteiger partial charge is 0.289 e. The van der Waals surface area contributed by atoms with E-state index in [2.05, 4.69) is 5.32 Å². The number of nitrogens with one attached hydrogen (secondary N) is 1. The van der Waals surface area contributed by atoms with Crippen LogP contribution in [0.2, 0.25) is 0 Å². The van der Waals surface area contributed by atoms with Crippen molar-refractivity contribution in [3.8, 4) is 0 Å². The van der Waals surface area contributed by atoms with Gasteiger partial charge in [0.2, 0.25) is 0 Å². The molecule has 0 spiro atoms. The molecule has 0 radical (unpaired) electrons. The Morgan fingerprint density at radius 2 is 2.06 bits per heavy atom. The lowest BCUT2D eigenvalue weighted by atomic mass is 10.0. The molecule has 1 N–H and O–H groups in total. The minimum absolute atomic E-state index is 0.00231. The molecule has 1 aromatic heterocycles. The molecule has 2 heterocycles. The summed E-state index contributed by atoms with van der Waals surface area (Å²) in [5, 5.41) is 3.30. The highest BCUT2D eigenvalue weighted by molar-refractivity contribution is 5.93. The van der Waals surface area contributed by atoms with Gasteiger partial charge in [0.15, 0.2) is 5.76 Å². The third kappa shape index (κ3) is 2.52. The highest BCUT2D eigenvalue weighted by Gasteiger charge is 2.25. The quantitative estimate of drug-likeness (QED) is 0.850. The van der Waals surface area contributed by atoms with E-state index in [0.717, 1.165) is 37.3 Å². The van der Waals surface area contributed by atoms with E-state index >= 15 is 0 Å². The highest BCUT2D eigenvalue weighted by Crippen LogP contribution is 2.18. The first-order chi connectivity index (χ1) is 8.09. The van der Waals surface area contributed by atoms with Gasteiger partial charge >= 0.3 is 0 Å². The Balaban J connectivity index is 2.11. The molecule has 4 nitrogen and oxygen atoms in total. The minimum Gasteiger partial charge on any atom is -0.456 e. The van der Waals surface area contributed by atoms with Crippen molar-refractivity contribution in [2.75, 3.05) is 20.1 Å². The van der Waals surface area contributed by atoms with Crippen LogP contribution in [0, 0.1) is 13.8 Å². The van der Waals surface area contributed by atoms with Crippen molar-refractivity contribution in [3.05, 3.63) is 23.2 Å². The number of rotatable bonds is 2. The standard InChI is InChI=1S/C13H20N2O2/c1-9-8-10(2)17-12(9)13(16)15(3)11-4-6-14-7-5-11/h8,11,14H,4-7H2,1-3H3. The van der Waals surface area contributed by atoms with Crippen LogP contribution in [-0.2, 0) is 0 Å². The molecule has 17 heavy (non-hydrogen) atoms. The van der Waals surface area contributed by atoms with Gasteiger partial charge in [-0.25, -0.2) is 0 Å². The molecule has 94 valence electrons. The van der Waals surface area contributed by atoms with Crippen molar-refractivity contribution in [1.29, 1.82) is 0 Å². The van der Waals surface area contributed by atoms with Crippen LogP contribution in [-0.4, -0.2) is 37.0 Å². The van der Waals surface area contributed by atoms with Crippen LogP contribution in [0.15, 0.2) is 10.5 Å². The lowest BCUT2D eigenvalue weighted by Gasteiger charge is -2.31. The molecule has 0 saturated carbocycles. The topological polar surface area (TPSA) is 45.5 Å². The van der Waals surface area contributed by atoms with Gasteiger partial charge in [-0.15, -0.1) is 0 Å². The zero-order chi connectivity index (χ0) is 12.4. The molecule has 0 atom stereocenters. The van der Waals surface area contributed by atoms with Gasteiger partial charge < -0.3 is 14.6 Å². The fourth-order valence-electron chi connectivity index (χ4n) is 2.37. The van der Waals surface area contributed by atoms with E-state index in [1.54, 1.807) is 0 Å². The molecule has 2 rings (SSSR count). The van der Waals surface area contributed by atoms with Crippen molar-refractivity contribution in [3.63, 3.8) is 0 Å². The number of carbonyl (C=O) groups excluding carboxylic acids is 1. The van der Waals surface area contributed by atoms with Gasteiger partial charge in [0.25, 0.3) is 5.91 Å². The Kier molecular flexibility index (Phi) is 3.52. The number of amides is 1. The van der Waals surface area contributed by atoms with Crippen LogP contribution < -0.4 is 5.32 Å². The summed E-state index contributed by atoms with van der Waals surface area (Å²) >= 11 is 0. The maximum atomic E-state index is 12.3. The number of carbonyl (C=O) groups is 1. The number of nitrogens with zero attached hydrogens (tertiary/aromatic N) is 1. The molecule has 1 aliphatic heterocycles. The second-order valence-electron chi connectivity index (χ2n) is 4.77. The van der Waals surface area contributed by atoms with Gasteiger partial charge in [-0.1, -0.05) is 0 Å². The minimum atomic E-state index is 0.00231. The van der Waals surface area contributed by atoms with Crippen molar-refractivity contribution in [1.82, 2.24) is 10.2 Å². The lowest BCUT2D eigenvalue weighted by molar-refractivity contribution is 0.0668. The summed E-state index contributed by atoms with van der Waals surface area (Å²) in [6, 6.07) is 2.23. The maximum Gasteiger partial charge on any atom is 0.289 e. The van der Waals surface area contributed by atoms with Crippen LogP contribution in [0.5, 0.6) is 0 Å². The molecule has 1 saturated heterocycles. The fraction of sp³-hybridized carbons (Fsp3) is 0.615. The van der Waals surface area contributed by atoms with Crippen molar-refractivity contribution in [2.45, 2.75) is 32.7 Å². The monoisotopic (exact) mass is 236 g/mol. The fourth-order valence-corrected chi connectivity index (χ4v) is 2.37. The van der Waals surface area contributed by atoms with Gasteiger partial charge in [0.05, 0.1) is 0 Å². The average molecular weight is 236 g/mol. The van der Waals surface area contributed by atoms with Gasteiger partial charge in [-0.2, -0.15) is 0 Å². The largest absolute Gasteiger partial charge is 0.456 e. The Morgan fingerprint density at radius 1 is 1.41 bits per heavy atom. The summed E-state index contributed by atoms with van der Waals surface area (Å²) in [6.45, 7) is 5.76. The van der Waals surface area contributed by atoms with Crippen LogP contribution in [0.25, 0.3) is 0 Å². The molecule has 0 aliphatic carbocycles. The van der Waals surface area contributed by atoms with Crippen LogP contribution >= 0.6 is 0 Å². The predicted octanol–water partition coefficient (Wildman–Crippen LogP) is 1.72. The molecule has 1 amide bonds. The molecule has 0 aromatic carbocycles. The second kappa shape index (κ2) is 4.92. The molecule has 0 unspecified atom stereocenters. The Hall–Kier alpha value is -1.29. The van der Waals surface area contributed by atoms with Crippen molar-refractivity contribution in [2.24, 2.45) is 0 Å². The third-order valence-corrected chi connectivity index (χ3v) is 3.41. The summed E-state index contributed by atoms with van der Waals surface area (Å²) in [4.78, 5) is 14.1. The zero-order valence-electron chi connectivity index (χ0n) is 10.7. The van der Waals surface area contributed by atoms with Gasteiger partial charge in [-0.3, -0.25) is 4.79 Å². The zero-order valence-corrected chi connectivity index (χ0v) is 10.7. The number of aryl methyl sites for hydroxylation is 2. The van der Waals surface area contributed by atoms with E-state index in [1.165, 1.54) is 0 Å². The van der Waals surface area contributed by atoms with Gasteiger partial charge in [0.1, 0.15) is 5.76 Å². The van der Waals surface area contributed by atoms with Crippen molar-refractivity contribution < 1.29 is 9.21 Å². The lowest BCUT2D eigenvalue weighted by Crippen LogP contribution is -2.44.